The minimum Gasteiger partial charge on any atom is -0.397 e. The Bertz CT molecular complexity index is 316. The van der Waals surface area contributed by atoms with Crippen LogP contribution in [-0.2, 0) is 0 Å². The normalized spacial score (nSPS) is 10.8. The monoisotopic (exact) mass is 222 g/mol. The number of rotatable bonds is 5. The molecule has 0 saturated carbocycles. The van der Waals surface area contributed by atoms with Crippen molar-refractivity contribution in [2.75, 3.05) is 23.8 Å². The average molecular weight is 222 g/mol. The highest BCUT2D eigenvalue weighted by Crippen LogP contribution is 2.28. The van der Waals surface area contributed by atoms with Crippen molar-refractivity contribution in [2.24, 2.45) is 0 Å². The van der Waals surface area contributed by atoms with Gasteiger partial charge in [-0.3, -0.25) is 0 Å². The Labute approximate surface area is 97.9 Å². The lowest BCUT2D eigenvalue weighted by Crippen LogP contribution is -2.33. The van der Waals surface area contributed by atoms with Crippen LogP contribution in [0.4, 0.5) is 11.4 Å². The van der Waals surface area contributed by atoms with E-state index in [0.29, 0.717) is 6.04 Å². The Hall–Kier alpha value is -1.22. The van der Waals surface area contributed by atoms with Crippen molar-refractivity contribution in [1.82, 2.24) is 0 Å². The molecule has 3 nitrogen and oxygen atoms in total. The first-order valence-electron chi connectivity index (χ1n) is 5.80. The number of nitrogens with zero attached hydrogens (tertiary/aromatic N) is 1. The zero-order valence-corrected chi connectivity index (χ0v) is 10.4. The fraction of sp³-hybridized carbons (Fsp3) is 0.538. The summed E-state index contributed by atoms with van der Waals surface area (Å²) in [6.07, 6.45) is 0.770. The number of hydrogen-bond donors (Lipinski definition) is 2. The largest absolute Gasteiger partial charge is 0.397 e. The molecule has 1 aromatic rings. The van der Waals surface area contributed by atoms with Gasteiger partial charge in [-0.15, -0.1) is 0 Å². The number of aliphatic hydroxyl groups is 1. The molecule has 0 amide bonds. The number of benzene rings is 1. The Kier molecular flexibility index (Phi) is 4.62. The van der Waals surface area contributed by atoms with Gasteiger partial charge in [-0.05, 0) is 38.8 Å². The van der Waals surface area contributed by atoms with Gasteiger partial charge in [0.2, 0.25) is 0 Å². The maximum Gasteiger partial charge on any atom is 0.0631 e. The van der Waals surface area contributed by atoms with E-state index in [2.05, 4.69) is 31.7 Å². The molecule has 0 atom stereocenters. The van der Waals surface area contributed by atoms with E-state index in [0.717, 1.165) is 24.3 Å². The van der Waals surface area contributed by atoms with E-state index in [1.54, 1.807) is 0 Å². The van der Waals surface area contributed by atoms with E-state index >= 15 is 0 Å². The molecule has 0 unspecified atom stereocenters. The smallest absolute Gasteiger partial charge is 0.0631 e. The summed E-state index contributed by atoms with van der Waals surface area (Å²) in [5.74, 6) is 0. The van der Waals surface area contributed by atoms with Gasteiger partial charge >= 0.3 is 0 Å². The first kappa shape index (κ1) is 12.8. The molecular formula is C13H22N2O. The topological polar surface area (TPSA) is 49.5 Å². The van der Waals surface area contributed by atoms with Gasteiger partial charge < -0.3 is 15.7 Å². The van der Waals surface area contributed by atoms with Gasteiger partial charge in [0.25, 0.3) is 0 Å². The summed E-state index contributed by atoms with van der Waals surface area (Å²) in [6, 6.07) is 6.35. The van der Waals surface area contributed by atoms with Crippen molar-refractivity contribution in [3.8, 4) is 0 Å². The van der Waals surface area contributed by atoms with Crippen LogP contribution < -0.4 is 10.6 Å². The SMILES string of the molecule is Cc1cccc(N)c1N(CCCO)C(C)C. The molecule has 0 bridgehead atoms. The minimum atomic E-state index is 0.217. The zero-order valence-electron chi connectivity index (χ0n) is 10.4. The van der Waals surface area contributed by atoms with Crippen LogP contribution in [0.25, 0.3) is 0 Å². The molecule has 0 aliphatic heterocycles. The van der Waals surface area contributed by atoms with Gasteiger partial charge in [-0.2, -0.15) is 0 Å². The zero-order chi connectivity index (χ0) is 12.1. The van der Waals surface area contributed by atoms with Crippen molar-refractivity contribution >= 4 is 11.4 Å². The molecule has 90 valence electrons. The highest BCUT2D eigenvalue weighted by Gasteiger charge is 2.14. The first-order valence-corrected chi connectivity index (χ1v) is 5.80. The number of aliphatic hydroxyl groups excluding tert-OH is 1. The molecule has 3 N–H and O–H groups in total. The van der Waals surface area contributed by atoms with Crippen LogP contribution in [0.2, 0.25) is 0 Å². The average Bonchev–Trinajstić information content (AvgIpc) is 2.21. The van der Waals surface area contributed by atoms with Crippen molar-refractivity contribution < 1.29 is 5.11 Å². The van der Waals surface area contributed by atoms with Gasteiger partial charge in [0.15, 0.2) is 0 Å². The highest BCUT2D eigenvalue weighted by molar-refractivity contribution is 5.71. The molecule has 3 heteroatoms. The number of nitrogen functional groups attached to an aromatic ring is 1. The summed E-state index contributed by atoms with van der Waals surface area (Å²) < 4.78 is 0. The van der Waals surface area contributed by atoms with E-state index in [4.69, 9.17) is 10.8 Å². The summed E-state index contributed by atoms with van der Waals surface area (Å²) in [4.78, 5) is 2.25. The third-order valence-electron chi connectivity index (χ3n) is 2.74. The standard InChI is InChI=1S/C13H22N2O/c1-10(2)15(8-5-9-16)13-11(3)6-4-7-12(13)14/h4,6-7,10,16H,5,8-9,14H2,1-3H3. The number of anilines is 2. The second-order valence-corrected chi connectivity index (χ2v) is 4.38. The van der Waals surface area contributed by atoms with Crippen LogP contribution in [-0.4, -0.2) is 24.3 Å². The minimum absolute atomic E-state index is 0.217. The lowest BCUT2D eigenvalue weighted by molar-refractivity contribution is 0.288. The predicted molar refractivity (Wildman–Crippen MR) is 69.8 cm³/mol. The summed E-state index contributed by atoms with van der Waals surface area (Å²) in [5.41, 5.74) is 9.13. The van der Waals surface area contributed by atoms with Crippen molar-refractivity contribution in [3.63, 3.8) is 0 Å². The van der Waals surface area contributed by atoms with Crippen LogP contribution in [0.3, 0.4) is 0 Å². The molecule has 0 radical (unpaired) electrons. The molecule has 0 aliphatic rings. The predicted octanol–water partition coefficient (Wildman–Crippen LogP) is 2.17. The quantitative estimate of drug-likeness (QED) is 0.751. The number of hydrogen-bond acceptors (Lipinski definition) is 3. The molecule has 0 heterocycles. The summed E-state index contributed by atoms with van der Waals surface area (Å²) in [5, 5.41) is 8.92. The van der Waals surface area contributed by atoms with E-state index in [-0.39, 0.29) is 6.61 Å². The molecule has 0 aromatic heterocycles. The second kappa shape index (κ2) is 5.75. The molecule has 16 heavy (non-hydrogen) atoms. The summed E-state index contributed by atoms with van der Waals surface area (Å²) in [6.45, 7) is 7.41. The molecule has 0 fully saturated rings. The molecular weight excluding hydrogens is 200 g/mol. The Morgan fingerprint density at radius 1 is 1.38 bits per heavy atom. The number of para-hydroxylation sites is 1. The molecule has 0 spiro atoms. The lowest BCUT2D eigenvalue weighted by atomic mass is 10.1. The van der Waals surface area contributed by atoms with E-state index < -0.39 is 0 Å². The van der Waals surface area contributed by atoms with Crippen molar-refractivity contribution in [2.45, 2.75) is 33.2 Å². The first-order chi connectivity index (χ1) is 7.57. The maximum absolute atomic E-state index is 8.92. The van der Waals surface area contributed by atoms with Gasteiger partial charge in [0.1, 0.15) is 0 Å². The van der Waals surface area contributed by atoms with E-state index in [1.165, 1.54) is 5.56 Å². The van der Waals surface area contributed by atoms with Gasteiger partial charge in [0, 0.05) is 19.2 Å². The van der Waals surface area contributed by atoms with E-state index in [9.17, 15) is 0 Å². The second-order valence-electron chi connectivity index (χ2n) is 4.38. The van der Waals surface area contributed by atoms with Crippen LogP contribution in [0.15, 0.2) is 18.2 Å². The van der Waals surface area contributed by atoms with Crippen LogP contribution in [0, 0.1) is 6.92 Å². The molecule has 0 saturated heterocycles. The Morgan fingerprint density at radius 2 is 2.06 bits per heavy atom. The number of nitrogens with two attached hydrogens (primary N) is 1. The molecule has 1 rings (SSSR count). The number of aryl methyl sites for hydroxylation is 1. The van der Waals surface area contributed by atoms with Gasteiger partial charge in [-0.1, -0.05) is 12.1 Å². The summed E-state index contributed by atoms with van der Waals surface area (Å²) >= 11 is 0. The highest BCUT2D eigenvalue weighted by atomic mass is 16.3. The van der Waals surface area contributed by atoms with Crippen molar-refractivity contribution in [3.05, 3.63) is 23.8 Å². The lowest BCUT2D eigenvalue weighted by Gasteiger charge is -2.31. The fourth-order valence-electron chi connectivity index (χ4n) is 1.94. The van der Waals surface area contributed by atoms with Gasteiger partial charge in [-0.25, -0.2) is 0 Å². The molecule has 1 aromatic carbocycles. The van der Waals surface area contributed by atoms with Gasteiger partial charge in [0.05, 0.1) is 11.4 Å². The van der Waals surface area contributed by atoms with Crippen LogP contribution in [0.1, 0.15) is 25.8 Å². The van der Waals surface area contributed by atoms with Crippen molar-refractivity contribution in [1.29, 1.82) is 0 Å². The van der Waals surface area contributed by atoms with Crippen LogP contribution >= 0.6 is 0 Å². The maximum atomic E-state index is 8.92. The van der Waals surface area contributed by atoms with Crippen LogP contribution in [0.5, 0.6) is 0 Å². The van der Waals surface area contributed by atoms with E-state index in [1.807, 2.05) is 12.1 Å². The third-order valence-corrected chi connectivity index (χ3v) is 2.74. The molecule has 0 aliphatic carbocycles. The Balaban J connectivity index is 3.00. The Morgan fingerprint density at radius 3 is 2.56 bits per heavy atom. The third kappa shape index (κ3) is 2.89. The fourth-order valence-corrected chi connectivity index (χ4v) is 1.94. The summed E-state index contributed by atoms with van der Waals surface area (Å²) in [7, 11) is 0.